The zero-order valence-corrected chi connectivity index (χ0v) is 12.6. The number of aromatic nitrogens is 2. The SMILES string of the molecule is CCCNC(=O)c1cc(C)nc(Nc2ccc(F)c(F)c2F)n1. The number of halogens is 3. The smallest absolute Gasteiger partial charge is 0.270 e. The summed E-state index contributed by atoms with van der Waals surface area (Å²) in [5, 5.41) is 5.10. The van der Waals surface area contributed by atoms with Gasteiger partial charge in [-0.05, 0) is 31.5 Å². The number of nitrogens with one attached hydrogen (secondary N) is 2. The molecule has 2 rings (SSSR count). The number of anilines is 2. The second-order valence-electron chi connectivity index (χ2n) is 4.82. The van der Waals surface area contributed by atoms with Gasteiger partial charge in [-0.2, -0.15) is 0 Å². The van der Waals surface area contributed by atoms with E-state index in [2.05, 4.69) is 20.6 Å². The van der Waals surface area contributed by atoms with Gasteiger partial charge in [-0.3, -0.25) is 4.79 Å². The zero-order chi connectivity index (χ0) is 17.0. The van der Waals surface area contributed by atoms with Crippen LogP contribution in [0.2, 0.25) is 0 Å². The molecule has 0 aliphatic heterocycles. The van der Waals surface area contributed by atoms with Crippen LogP contribution in [0.25, 0.3) is 0 Å². The molecular weight excluding hydrogens is 309 g/mol. The number of carbonyl (C=O) groups is 1. The summed E-state index contributed by atoms with van der Waals surface area (Å²) < 4.78 is 39.8. The third-order valence-corrected chi connectivity index (χ3v) is 2.90. The van der Waals surface area contributed by atoms with Crippen LogP contribution in [0.15, 0.2) is 18.2 Å². The summed E-state index contributed by atoms with van der Waals surface area (Å²) in [6.45, 7) is 4.03. The zero-order valence-electron chi connectivity index (χ0n) is 12.6. The quantitative estimate of drug-likeness (QED) is 0.830. The molecule has 2 N–H and O–H groups in total. The van der Waals surface area contributed by atoms with E-state index < -0.39 is 23.4 Å². The number of rotatable bonds is 5. The average Bonchev–Trinajstić information content (AvgIpc) is 2.52. The maximum atomic E-state index is 13.7. The number of nitrogens with zero attached hydrogens (tertiary/aromatic N) is 2. The Morgan fingerprint density at radius 1 is 1.17 bits per heavy atom. The topological polar surface area (TPSA) is 66.9 Å². The van der Waals surface area contributed by atoms with Crippen LogP contribution < -0.4 is 10.6 Å². The van der Waals surface area contributed by atoms with Gasteiger partial charge in [-0.1, -0.05) is 6.92 Å². The van der Waals surface area contributed by atoms with E-state index in [1.54, 1.807) is 6.92 Å². The molecule has 0 spiro atoms. The highest BCUT2D eigenvalue weighted by Crippen LogP contribution is 2.22. The van der Waals surface area contributed by atoms with Crippen molar-refractivity contribution in [1.82, 2.24) is 15.3 Å². The van der Waals surface area contributed by atoms with Crippen LogP contribution in [0.4, 0.5) is 24.8 Å². The second-order valence-corrected chi connectivity index (χ2v) is 4.82. The standard InChI is InChI=1S/C15H15F3N4O/c1-3-6-19-14(23)11-7-8(2)20-15(22-11)21-10-5-4-9(16)12(17)13(10)18/h4-5,7H,3,6H2,1-2H3,(H,19,23)(H,20,21,22). The number of benzene rings is 1. The summed E-state index contributed by atoms with van der Waals surface area (Å²) in [4.78, 5) is 19.9. The summed E-state index contributed by atoms with van der Waals surface area (Å²) >= 11 is 0. The maximum Gasteiger partial charge on any atom is 0.270 e. The van der Waals surface area contributed by atoms with Crippen molar-refractivity contribution in [2.45, 2.75) is 20.3 Å². The Morgan fingerprint density at radius 2 is 1.91 bits per heavy atom. The van der Waals surface area contributed by atoms with E-state index in [1.165, 1.54) is 6.07 Å². The van der Waals surface area contributed by atoms with Crippen LogP contribution in [0.5, 0.6) is 0 Å². The van der Waals surface area contributed by atoms with Gasteiger partial charge in [0.15, 0.2) is 17.5 Å². The highest BCUT2D eigenvalue weighted by molar-refractivity contribution is 5.92. The molecule has 0 fully saturated rings. The van der Waals surface area contributed by atoms with Crippen molar-refractivity contribution >= 4 is 17.5 Å². The van der Waals surface area contributed by atoms with E-state index in [0.717, 1.165) is 18.6 Å². The fraction of sp³-hybridized carbons (Fsp3) is 0.267. The van der Waals surface area contributed by atoms with Crippen LogP contribution in [0, 0.1) is 24.4 Å². The summed E-state index contributed by atoms with van der Waals surface area (Å²) in [6, 6.07) is 3.28. The molecule has 122 valence electrons. The molecule has 1 amide bonds. The normalized spacial score (nSPS) is 10.5. The Morgan fingerprint density at radius 3 is 2.61 bits per heavy atom. The molecule has 0 unspecified atom stereocenters. The Kier molecular flexibility index (Phi) is 5.15. The number of carbonyl (C=O) groups excluding carboxylic acids is 1. The van der Waals surface area contributed by atoms with Crippen LogP contribution in [0.1, 0.15) is 29.5 Å². The Bertz CT molecular complexity index is 737. The highest BCUT2D eigenvalue weighted by Gasteiger charge is 2.15. The van der Waals surface area contributed by atoms with Crippen molar-refractivity contribution < 1.29 is 18.0 Å². The van der Waals surface area contributed by atoms with Gasteiger partial charge in [-0.25, -0.2) is 23.1 Å². The Hall–Kier alpha value is -2.64. The first-order chi connectivity index (χ1) is 10.9. The summed E-state index contributed by atoms with van der Waals surface area (Å²) in [5.74, 6) is -4.75. The minimum Gasteiger partial charge on any atom is -0.351 e. The molecule has 1 aromatic heterocycles. The molecule has 0 atom stereocenters. The van der Waals surface area contributed by atoms with E-state index >= 15 is 0 Å². The largest absolute Gasteiger partial charge is 0.351 e. The molecule has 23 heavy (non-hydrogen) atoms. The van der Waals surface area contributed by atoms with Gasteiger partial charge in [0.25, 0.3) is 5.91 Å². The van der Waals surface area contributed by atoms with Crippen molar-refractivity contribution in [3.05, 3.63) is 47.0 Å². The Balaban J connectivity index is 2.29. The first-order valence-corrected chi connectivity index (χ1v) is 6.96. The number of hydrogen-bond donors (Lipinski definition) is 2. The van der Waals surface area contributed by atoms with E-state index in [0.29, 0.717) is 12.2 Å². The van der Waals surface area contributed by atoms with Crippen molar-refractivity contribution in [2.75, 3.05) is 11.9 Å². The summed E-state index contributed by atoms with van der Waals surface area (Å²) in [6.07, 6.45) is 0.765. The fourth-order valence-electron chi connectivity index (χ4n) is 1.81. The summed E-state index contributed by atoms with van der Waals surface area (Å²) in [7, 11) is 0. The van der Waals surface area contributed by atoms with Crippen molar-refractivity contribution in [3.63, 3.8) is 0 Å². The Labute approximate surface area is 131 Å². The van der Waals surface area contributed by atoms with Crippen molar-refractivity contribution in [1.29, 1.82) is 0 Å². The van der Waals surface area contributed by atoms with Gasteiger partial charge < -0.3 is 10.6 Å². The molecule has 1 aromatic carbocycles. The van der Waals surface area contributed by atoms with Crippen LogP contribution >= 0.6 is 0 Å². The molecular formula is C15H15F3N4O. The maximum absolute atomic E-state index is 13.7. The predicted molar refractivity (Wildman–Crippen MR) is 79.0 cm³/mol. The molecule has 5 nitrogen and oxygen atoms in total. The molecule has 0 radical (unpaired) electrons. The lowest BCUT2D eigenvalue weighted by Crippen LogP contribution is -2.25. The van der Waals surface area contributed by atoms with Gasteiger partial charge in [0.2, 0.25) is 5.95 Å². The molecule has 1 heterocycles. The number of aryl methyl sites for hydroxylation is 1. The molecule has 0 saturated heterocycles. The third kappa shape index (κ3) is 3.97. The van der Waals surface area contributed by atoms with Gasteiger partial charge in [-0.15, -0.1) is 0 Å². The summed E-state index contributed by atoms with van der Waals surface area (Å²) in [5.41, 5.74) is 0.234. The van der Waals surface area contributed by atoms with Crippen LogP contribution in [0.3, 0.4) is 0 Å². The lowest BCUT2D eigenvalue weighted by atomic mass is 10.3. The van der Waals surface area contributed by atoms with E-state index in [-0.39, 0.29) is 17.3 Å². The highest BCUT2D eigenvalue weighted by atomic mass is 19.2. The van der Waals surface area contributed by atoms with Gasteiger partial charge in [0, 0.05) is 12.2 Å². The molecule has 8 heteroatoms. The van der Waals surface area contributed by atoms with Gasteiger partial charge >= 0.3 is 0 Å². The molecule has 0 aliphatic carbocycles. The fourth-order valence-corrected chi connectivity index (χ4v) is 1.81. The second kappa shape index (κ2) is 7.08. The van der Waals surface area contributed by atoms with E-state index in [9.17, 15) is 18.0 Å². The molecule has 0 bridgehead atoms. The minimum absolute atomic E-state index is 0.0865. The molecule has 0 saturated carbocycles. The van der Waals surface area contributed by atoms with E-state index in [4.69, 9.17) is 0 Å². The number of hydrogen-bond acceptors (Lipinski definition) is 4. The average molecular weight is 324 g/mol. The number of amides is 1. The first kappa shape index (κ1) is 16.7. The van der Waals surface area contributed by atoms with Gasteiger partial charge in [0.05, 0.1) is 5.69 Å². The monoisotopic (exact) mass is 324 g/mol. The van der Waals surface area contributed by atoms with E-state index in [1.807, 2.05) is 6.92 Å². The van der Waals surface area contributed by atoms with Crippen LogP contribution in [-0.2, 0) is 0 Å². The lowest BCUT2D eigenvalue weighted by molar-refractivity contribution is 0.0948. The van der Waals surface area contributed by atoms with Crippen molar-refractivity contribution in [3.8, 4) is 0 Å². The lowest BCUT2D eigenvalue weighted by Gasteiger charge is -2.09. The molecule has 2 aromatic rings. The first-order valence-electron chi connectivity index (χ1n) is 6.96. The van der Waals surface area contributed by atoms with Crippen molar-refractivity contribution in [2.24, 2.45) is 0 Å². The van der Waals surface area contributed by atoms with Crippen LogP contribution in [-0.4, -0.2) is 22.4 Å². The minimum atomic E-state index is -1.59. The predicted octanol–water partition coefficient (Wildman–Crippen LogP) is 3.09. The third-order valence-electron chi connectivity index (χ3n) is 2.90. The van der Waals surface area contributed by atoms with Gasteiger partial charge in [0.1, 0.15) is 5.69 Å². The molecule has 0 aliphatic rings.